The number of aliphatic hydroxyl groups excluding tert-OH is 1. The first-order valence-corrected chi connectivity index (χ1v) is 14.9. The van der Waals surface area contributed by atoms with Crippen LogP contribution in [0.2, 0.25) is 0 Å². The van der Waals surface area contributed by atoms with E-state index in [1.807, 2.05) is 0 Å². The highest BCUT2D eigenvalue weighted by Crippen LogP contribution is 2.72. The largest absolute Gasteiger partial charge is 0.465 e. The molecule has 3 saturated carbocycles. The van der Waals surface area contributed by atoms with E-state index in [9.17, 15) is 29.0 Å². The Morgan fingerprint density at radius 3 is 2.64 bits per heavy atom. The molecule has 1 saturated heterocycles. The Labute approximate surface area is 252 Å². The zero-order valence-electron chi connectivity index (χ0n) is 24.7. The van der Waals surface area contributed by atoms with Crippen LogP contribution in [0.4, 0.5) is 18.0 Å². The number of fused-ring (bicyclic) bond motifs is 7. The van der Waals surface area contributed by atoms with Gasteiger partial charge in [0, 0.05) is 28.9 Å². The second kappa shape index (κ2) is 10.5. The van der Waals surface area contributed by atoms with Gasteiger partial charge in [0.25, 0.3) is 0 Å². The minimum Gasteiger partial charge on any atom is -0.465 e. The molecule has 0 bridgehead atoms. The van der Waals surface area contributed by atoms with Gasteiger partial charge in [-0.2, -0.15) is 0 Å². The number of carboxylic acid groups (broad SMARTS) is 1. The summed E-state index contributed by atoms with van der Waals surface area (Å²) in [6, 6.07) is 5.52. The van der Waals surface area contributed by atoms with E-state index < -0.39 is 95.4 Å². The first-order valence-electron chi connectivity index (χ1n) is 14.9. The van der Waals surface area contributed by atoms with Crippen LogP contribution in [0.25, 0.3) is 0 Å². The number of amides is 1. The number of nitrogens with zero attached hydrogens (tertiary/aromatic N) is 1. The van der Waals surface area contributed by atoms with Crippen molar-refractivity contribution in [2.75, 3.05) is 19.9 Å². The van der Waals surface area contributed by atoms with Crippen molar-refractivity contribution >= 4 is 17.7 Å². The summed E-state index contributed by atoms with van der Waals surface area (Å²) in [6.45, 7) is 3.95. The number of Topliss-reactive ketones (excluding diaryl/α,β-unsaturated/α-hetero) is 1. The van der Waals surface area contributed by atoms with Crippen LogP contribution in [-0.2, 0) is 23.8 Å². The van der Waals surface area contributed by atoms with E-state index in [-0.39, 0.29) is 31.4 Å². The van der Waals surface area contributed by atoms with Crippen molar-refractivity contribution < 1.29 is 52.0 Å². The van der Waals surface area contributed by atoms with Gasteiger partial charge in [0.05, 0.1) is 12.2 Å². The van der Waals surface area contributed by atoms with Gasteiger partial charge in [0.15, 0.2) is 29.1 Å². The summed E-state index contributed by atoms with van der Waals surface area (Å²) in [5.74, 6) is -3.38. The summed E-state index contributed by atoms with van der Waals surface area (Å²) in [5.41, 5.74) is -6.77. The van der Waals surface area contributed by atoms with Crippen molar-refractivity contribution in [1.82, 2.24) is 4.90 Å². The predicted octanol–water partition coefficient (Wildman–Crippen LogP) is 4.45. The zero-order valence-corrected chi connectivity index (χ0v) is 24.7. The number of allylic oxidation sites excluding steroid dienone is 4. The Bertz CT molecular complexity index is 1450. The molecule has 4 aliphatic carbocycles. The maximum absolute atomic E-state index is 17.6. The van der Waals surface area contributed by atoms with Crippen LogP contribution < -0.4 is 0 Å². The van der Waals surface area contributed by atoms with Crippen LogP contribution in [0.15, 0.2) is 48.1 Å². The van der Waals surface area contributed by atoms with Crippen molar-refractivity contribution in [3.8, 4) is 0 Å². The van der Waals surface area contributed by atoms with Crippen LogP contribution in [0, 0.1) is 28.5 Å². The number of carbonyl (C=O) groups excluding carboxylic acids is 2. The highest BCUT2D eigenvalue weighted by molar-refractivity contribution is 6.01. The van der Waals surface area contributed by atoms with Crippen molar-refractivity contribution in [3.63, 3.8) is 0 Å². The molecule has 12 heteroatoms. The summed E-state index contributed by atoms with van der Waals surface area (Å²) in [4.78, 5) is 38.8. The lowest BCUT2D eigenvalue weighted by molar-refractivity contribution is -0.235. The molecule has 5 aliphatic rings. The van der Waals surface area contributed by atoms with E-state index in [0.29, 0.717) is 5.56 Å². The van der Waals surface area contributed by atoms with Gasteiger partial charge in [0.1, 0.15) is 25.3 Å². The summed E-state index contributed by atoms with van der Waals surface area (Å²) in [6.07, 6.45) is -3.58. The van der Waals surface area contributed by atoms with Crippen molar-refractivity contribution in [2.24, 2.45) is 22.7 Å². The minimum atomic E-state index is -2.37. The van der Waals surface area contributed by atoms with Crippen LogP contribution in [0.1, 0.15) is 51.9 Å². The number of halogens is 3. The molecule has 1 aromatic carbocycles. The fraction of sp³-hybridized carbons (Fsp3) is 0.594. The number of carbonyl (C=O) groups is 3. The fourth-order valence-electron chi connectivity index (χ4n) is 8.89. The first kappa shape index (κ1) is 30.9. The van der Waals surface area contributed by atoms with Gasteiger partial charge in [0.2, 0.25) is 0 Å². The predicted molar refractivity (Wildman–Crippen MR) is 148 cm³/mol. The topological polar surface area (TPSA) is 123 Å². The standard InChI is InChI=1S/C32H36F3NO8/c1-4-36(28(40)41)16-42-15-25(39)32-26(43-27(44-32)17-6-5-7-18(33)10-17)13-20-21-12-23(34)22-11-19(37)8-9-29(22,2)31(21,35)24(38)14-30(20,32)3/h5-11,20-21,23-24,26-27,38H,4,12-16H2,1-3H3,(H,40,41)/t20-,21-,23-,24-,26+,27+,29-,30-,31-,32+/m0/s1. The summed E-state index contributed by atoms with van der Waals surface area (Å²) < 4.78 is 65.9. The second-order valence-electron chi connectivity index (χ2n) is 13.0. The molecule has 10 atom stereocenters. The Kier molecular flexibility index (Phi) is 7.39. The van der Waals surface area contributed by atoms with E-state index >= 15 is 8.78 Å². The highest BCUT2D eigenvalue weighted by Gasteiger charge is 2.80. The van der Waals surface area contributed by atoms with E-state index in [1.165, 1.54) is 37.3 Å². The number of benzene rings is 1. The number of ether oxygens (including phenoxy) is 3. The quantitative estimate of drug-likeness (QED) is 0.430. The molecule has 6 rings (SSSR count). The van der Waals surface area contributed by atoms with Crippen molar-refractivity contribution in [1.29, 1.82) is 0 Å². The van der Waals surface area contributed by atoms with Gasteiger partial charge >= 0.3 is 6.09 Å². The van der Waals surface area contributed by atoms with E-state index in [0.717, 1.165) is 11.0 Å². The molecule has 1 heterocycles. The zero-order chi connectivity index (χ0) is 31.8. The Morgan fingerprint density at radius 2 is 1.95 bits per heavy atom. The summed E-state index contributed by atoms with van der Waals surface area (Å²) in [5, 5.41) is 21.1. The third-order valence-electron chi connectivity index (χ3n) is 11.0. The van der Waals surface area contributed by atoms with E-state index in [4.69, 9.17) is 14.2 Å². The average Bonchev–Trinajstić information content (AvgIpc) is 3.47. The molecule has 0 unspecified atom stereocenters. The third-order valence-corrected chi connectivity index (χ3v) is 11.0. The van der Waals surface area contributed by atoms with Gasteiger partial charge in [-0.3, -0.25) is 14.5 Å². The average molecular weight is 620 g/mol. The third kappa shape index (κ3) is 4.10. The SMILES string of the molecule is CCN(COCC(=O)[C@@]12O[C@H](c3cccc(F)c3)O[C@@H]1C[C@H]1[C@@H]3C[C@H](F)C4=CC(=O)C=C[C@]4(C)[C@@]3(F)[C@@H](O)C[C@@]12C)C(=O)O. The molecule has 0 spiro atoms. The van der Waals surface area contributed by atoms with Gasteiger partial charge < -0.3 is 24.4 Å². The number of rotatable bonds is 7. The van der Waals surface area contributed by atoms with Crippen LogP contribution >= 0.6 is 0 Å². The fourth-order valence-corrected chi connectivity index (χ4v) is 8.89. The van der Waals surface area contributed by atoms with Gasteiger partial charge in [-0.1, -0.05) is 25.1 Å². The Hall–Kier alpha value is -3.06. The Morgan fingerprint density at radius 1 is 1.20 bits per heavy atom. The summed E-state index contributed by atoms with van der Waals surface area (Å²) in [7, 11) is 0. The van der Waals surface area contributed by atoms with Gasteiger partial charge in [-0.05, 0) is 68.9 Å². The highest BCUT2D eigenvalue weighted by atomic mass is 19.1. The Balaban J connectivity index is 1.39. The molecule has 4 fully saturated rings. The summed E-state index contributed by atoms with van der Waals surface area (Å²) >= 11 is 0. The monoisotopic (exact) mass is 619 g/mol. The maximum atomic E-state index is 17.6. The number of ketones is 2. The number of hydrogen-bond acceptors (Lipinski definition) is 7. The van der Waals surface area contributed by atoms with Gasteiger partial charge in [-0.15, -0.1) is 0 Å². The maximum Gasteiger partial charge on any atom is 0.409 e. The second-order valence-corrected chi connectivity index (χ2v) is 13.0. The minimum absolute atomic E-state index is 0.0126. The lowest BCUT2D eigenvalue weighted by Crippen LogP contribution is -2.70. The molecule has 2 N–H and O–H groups in total. The van der Waals surface area contributed by atoms with Crippen molar-refractivity contribution in [3.05, 3.63) is 59.4 Å². The van der Waals surface area contributed by atoms with Crippen LogP contribution in [-0.4, -0.2) is 82.3 Å². The van der Waals surface area contributed by atoms with E-state index in [1.54, 1.807) is 19.9 Å². The first-order chi connectivity index (χ1) is 20.7. The van der Waals surface area contributed by atoms with E-state index in [2.05, 4.69) is 0 Å². The molecule has 0 aromatic heterocycles. The van der Waals surface area contributed by atoms with Crippen molar-refractivity contribution in [2.45, 2.75) is 76.0 Å². The molecular weight excluding hydrogens is 583 g/mol. The smallest absolute Gasteiger partial charge is 0.409 e. The molecule has 44 heavy (non-hydrogen) atoms. The van der Waals surface area contributed by atoms with Crippen LogP contribution in [0.3, 0.4) is 0 Å². The number of alkyl halides is 2. The lowest BCUT2D eigenvalue weighted by Gasteiger charge is -2.63. The molecule has 9 nitrogen and oxygen atoms in total. The lowest BCUT2D eigenvalue weighted by atomic mass is 9.44. The molecule has 0 radical (unpaired) electrons. The number of hydrogen-bond donors (Lipinski definition) is 2. The van der Waals surface area contributed by atoms with Crippen LogP contribution in [0.5, 0.6) is 0 Å². The normalized spacial score (nSPS) is 42.2. The molecule has 1 aromatic rings. The number of aliphatic hydroxyl groups is 1. The molecular formula is C32H36F3NO8. The molecule has 1 amide bonds. The van der Waals surface area contributed by atoms with Gasteiger partial charge in [-0.25, -0.2) is 18.0 Å². The molecule has 1 aliphatic heterocycles. The molecule has 238 valence electrons.